The van der Waals surface area contributed by atoms with E-state index in [9.17, 15) is 13.2 Å². The second-order valence-electron chi connectivity index (χ2n) is 6.17. The maximum Gasteiger partial charge on any atom is 0.416 e. The largest absolute Gasteiger partial charge is 0.416 e. The first-order valence-electron chi connectivity index (χ1n) is 6.66. The Balaban J connectivity index is 2.45. The molecule has 0 aliphatic carbocycles. The quantitative estimate of drug-likeness (QED) is 0.714. The maximum absolute atomic E-state index is 12.8. The SMILES string of the molecule is CC(C)(C)c1ccc(-c2cc(N)cc(C(F)(F)F)c2)cc1. The Hall–Kier alpha value is -1.97. The number of anilines is 1. The number of benzene rings is 2. The summed E-state index contributed by atoms with van der Waals surface area (Å²) in [5.74, 6) is 0. The number of alkyl halides is 3. The molecule has 0 aliphatic rings. The summed E-state index contributed by atoms with van der Waals surface area (Å²) < 4.78 is 38.5. The number of nitrogens with two attached hydrogens (primary N) is 1. The van der Waals surface area contributed by atoms with Gasteiger partial charge in [-0.2, -0.15) is 13.2 Å². The van der Waals surface area contributed by atoms with Crippen LogP contribution >= 0.6 is 0 Å². The van der Waals surface area contributed by atoms with Crippen LogP contribution in [-0.2, 0) is 11.6 Å². The number of hydrogen-bond acceptors (Lipinski definition) is 1. The molecular weight excluding hydrogens is 275 g/mol. The number of halogens is 3. The van der Waals surface area contributed by atoms with Crippen LogP contribution in [0.15, 0.2) is 42.5 Å². The first-order valence-corrected chi connectivity index (χ1v) is 6.66. The Morgan fingerprint density at radius 2 is 1.33 bits per heavy atom. The Morgan fingerprint density at radius 1 is 0.762 bits per heavy atom. The summed E-state index contributed by atoms with van der Waals surface area (Å²) in [6.07, 6.45) is -4.39. The molecule has 2 aromatic rings. The molecule has 2 rings (SSSR count). The van der Waals surface area contributed by atoms with Crippen molar-refractivity contribution in [3.05, 3.63) is 53.6 Å². The number of nitrogen functional groups attached to an aromatic ring is 1. The van der Waals surface area contributed by atoms with Crippen molar-refractivity contribution in [2.24, 2.45) is 0 Å². The van der Waals surface area contributed by atoms with E-state index in [1.165, 1.54) is 0 Å². The van der Waals surface area contributed by atoms with Crippen LogP contribution in [0.1, 0.15) is 31.9 Å². The Labute approximate surface area is 122 Å². The van der Waals surface area contributed by atoms with Gasteiger partial charge in [-0.15, -0.1) is 0 Å². The Bertz CT molecular complexity index is 635. The van der Waals surface area contributed by atoms with Crippen LogP contribution in [0, 0.1) is 0 Å². The van der Waals surface area contributed by atoms with Crippen molar-refractivity contribution < 1.29 is 13.2 Å². The highest BCUT2D eigenvalue weighted by Crippen LogP contribution is 2.34. The summed E-state index contributed by atoms with van der Waals surface area (Å²) in [5.41, 5.74) is 7.31. The topological polar surface area (TPSA) is 26.0 Å². The van der Waals surface area contributed by atoms with Gasteiger partial charge >= 0.3 is 6.18 Å². The van der Waals surface area contributed by atoms with Crippen molar-refractivity contribution in [1.82, 2.24) is 0 Å². The standard InChI is InChI=1S/C17H18F3N/c1-16(2,3)13-6-4-11(5-7-13)12-8-14(17(18,19)20)10-15(21)9-12/h4-10H,21H2,1-3H3. The molecule has 2 N–H and O–H groups in total. The van der Waals surface area contributed by atoms with E-state index in [0.717, 1.165) is 23.3 Å². The Morgan fingerprint density at radius 3 is 1.81 bits per heavy atom. The van der Waals surface area contributed by atoms with E-state index in [-0.39, 0.29) is 11.1 Å². The fraction of sp³-hybridized carbons (Fsp3) is 0.294. The van der Waals surface area contributed by atoms with Crippen LogP contribution in [0.3, 0.4) is 0 Å². The van der Waals surface area contributed by atoms with E-state index in [0.29, 0.717) is 5.56 Å². The van der Waals surface area contributed by atoms with E-state index in [2.05, 4.69) is 20.8 Å². The molecule has 4 heteroatoms. The van der Waals surface area contributed by atoms with Crippen molar-refractivity contribution in [3.8, 4) is 11.1 Å². The molecule has 0 unspecified atom stereocenters. The molecule has 1 nitrogen and oxygen atoms in total. The molecule has 112 valence electrons. The molecule has 21 heavy (non-hydrogen) atoms. The molecule has 0 bridgehead atoms. The normalized spacial score (nSPS) is 12.5. The van der Waals surface area contributed by atoms with Crippen LogP contribution in [-0.4, -0.2) is 0 Å². The minimum absolute atomic E-state index is 0.00533. The van der Waals surface area contributed by atoms with Gasteiger partial charge in [0.25, 0.3) is 0 Å². The molecule has 0 fully saturated rings. The van der Waals surface area contributed by atoms with Gasteiger partial charge in [-0.3, -0.25) is 0 Å². The van der Waals surface area contributed by atoms with Gasteiger partial charge in [0.1, 0.15) is 0 Å². The number of rotatable bonds is 1. The lowest BCUT2D eigenvalue weighted by molar-refractivity contribution is -0.137. The number of hydrogen-bond donors (Lipinski definition) is 1. The fourth-order valence-electron chi connectivity index (χ4n) is 2.14. The van der Waals surface area contributed by atoms with Gasteiger partial charge in [0.05, 0.1) is 5.56 Å². The summed E-state index contributed by atoms with van der Waals surface area (Å²) in [5, 5.41) is 0. The lowest BCUT2D eigenvalue weighted by atomic mass is 9.86. The zero-order valence-corrected chi connectivity index (χ0v) is 12.3. The van der Waals surface area contributed by atoms with Gasteiger partial charge in [0.15, 0.2) is 0 Å². The van der Waals surface area contributed by atoms with Crippen LogP contribution in [0.5, 0.6) is 0 Å². The average molecular weight is 293 g/mol. The molecule has 0 amide bonds. The minimum Gasteiger partial charge on any atom is -0.399 e. The highest BCUT2D eigenvalue weighted by Gasteiger charge is 2.31. The molecule has 0 atom stereocenters. The van der Waals surface area contributed by atoms with Crippen molar-refractivity contribution >= 4 is 5.69 Å². The molecule has 0 spiro atoms. The zero-order chi connectivity index (χ0) is 15.8. The summed E-state index contributed by atoms with van der Waals surface area (Å²) in [7, 11) is 0. The van der Waals surface area contributed by atoms with Crippen molar-refractivity contribution in [2.75, 3.05) is 5.73 Å². The predicted molar refractivity (Wildman–Crippen MR) is 80.0 cm³/mol. The predicted octanol–water partition coefficient (Wildman–Crippen LogP) is 5.25. The van der Waals surface area contributed by atoms with Crippen molar-refractivity contribution in [2.45, 2.75) is 32.4 Å². The van der Waals surface area contributed by atoms with E-state index >= 15 is 0 Å². The summed E-state index contributed by atoms with van der Waals surface area (Å²) in [4.78, 5) is 0. The first kappa shape index (κ1) is 15.4. The van der Waals surface area contributed by atoms with Gasteiger partial charge in [0, 0.05) is 5.69 Å². The van der Waals surface area contributed by atoms with E-state index in [1.54, 1.807) is 6.07 Å². The van der Waals surface area contributed by atoms with Crippen LogP contribution in [0.25, 0.3) is 11.1 Å². The monoisotopic (exact) mass is 293 g/mol. The second kappa shape index (κ2) is 5.10. The molecule has 0 aliphatic heterocycles. The summed E-state index contributed by atoms with van der Waals surface area (Å²) in [6, 6.07) is 11.2. The summed E-state index contributed by atoms with van der Waals surface area (Å²) in [6.45, 7) is 6.26. The molecule has 0 aromatic heterocycles. The summed E-state index contributed by atoms with van der Waals surface area (Å²) >= 11 is 0. The minimum atomic E-state index is -4.39. The lowest BCUT2D eigenvalue weighted by Crippen LogP contribution is -2.10. The van der Waals surface area contributed by atoms with E-state index < -0.39 is 11.7 Å². The zero-order valence-electron chi connectivity index (χ0n) is 12.3. The van der Waals surface area contributed by atoms with E-state index in [1.807, 2.05) is 24.3 Å². The average Bonchev–Trinajstić information content (AvgIpc) is 2.36. The van der Waals surface area contributed by atoms with Crippen LogP contribution in [0.2, 0.25) is 0 Å². The van der Waals surface area contributed by atoms with Crippen molar-refractivity contribution in [3.63, 3.8) is 0 Å². The third kappa shape index (κ3) is 3.57. The van der Waals surface area contributed by atoms with Crippen LogP contribution < -0.4 is 5.73 Å². The molecule has 0 radical (unpaired) electrons. The molecule has 0 heterocycles. The third-order valence-electron chi connectivity index (χ3n) is 3.37. The maximum atomic E-state index is 12.8. The molecule has 2 aromatic carbocycles. The highest BCUT2D eigenvalue weighted by atomic mass is 19.4. The highest BCUT2D eigenvalue weighted by molar-refractivity contribution is 5.69. The van der Waals surface area contributed by atoms with Crippen LogP contribution in [0.4, 0.5) is 18.9 Å². The van der Waals surface area contributed by atoms with Gasteiger partial charge in [-0.05, 0) is 40.3 Å². The molecule has 0 saturated heterocycles. The first-order chi connectivity index (χ1) is 9.57. The van der Waals surface area contributed by atoms with Gasteiger partial charge in [-0.25, -0.2) is 0 Å². The Kier molecular flexibility index (Phi) is 3.74. The van der Waals surface area contributed by atoms with Gasteiger partial charge < -0.3 is 5.73 Å². The second-order valence-corrected chi connectivity index (χ2v) is 6.17. The van der Waals surface area contributed by atoms with Gasteiger partial charge in [-0.1, -0.05) is 45.0 Å². The third-order valence-corrected chi connectivity index (χ3v) is 3.37. The lowest BCUT2D eigenvalue weighted by Gasteiger charge is -2.19. The fourth-order valence-corrected chi connectivity index (χ4v) is 2.14. The van der Waals surface area contributed by atoms with Crippen molar-refractivity contribution in [1.29, 1.82) is 0 Å². The molecular formula is C17H18F3N. The smallest absolute Gasteiger partial charge is 0.399 e. The van der Waals surface area contributed by atoms with E-state index in [4.69, 9.17) is 5.73 Å². The van der Waals surface area contributed by atoms with Gasteiger partial charge in [0.2, 0.25) is 0 Å². The molecule has 0 saturated carbocycles.